The van der Waals surface area contributed by atoms with Gasteiger partial charge in [0.25, 0.3) is 0 Å². The van der Waals surface area contributed by atoms with Crippen molar-refractivity contribution in [3.8, 4) is 5.75 Å². The highest BCUT2D eigenvalue weighted by atomic mass is 35.5. The second kappa shape index (κ2) is 13.0. The normalized spacial score (nSPS) is 26.0. The van der Waals surface area contributed by atoms with E-state index < -0.39 is 17.8 Å². The maximum absolute atomic E-state index is 12.6. The smallest absolute Gasteiger partial charge is 0.152 e. The van der Waals surface area contributed by atoms with Crippen LogP contribution in [0.15, 0.2) is 103 Å². The molecule has 6 rings (SSSR count). The molecule has 1 saturated carbocycles. The van der Waals surface area contributed by atoms with Gasteiger partial charge in [-0.1, -0.05) is 103 Å². The highest BCUT2D eigenvalue weighted by Crippen LogP contribution is 2.62. The SMILES string of the molecule is CCOc1ccc(Cc2cc([C@@H]3O[C@@]4(C=O)[C@@H]([C@H](OCc5ccccc5)[C@H]3OCc3ccccc3)[C@H]4C)ccc2Cl)cc1. The summed E-state index contributed by atoms with van der Waals surface area (Å²) < 4.78 is 25.7. The fourth-order valence-corrected chi connectivity index (χ4v) is 6.55. The van der Waals surface area contributed by atoms with Crippen molar-refractivity contribution in [3.05, 3.63) is 136 Å². The third-order valence-electron chi connectivity index (χ3n) is 8.75. The molecule has 6 heteroatoms. The van der Waals surface area contributed by atoms with E-state index in [0.29, 0.717) is 31.3 Å². The standard InChI is InChI=1S/C37H37ClO5/c1-3-40-31-17-14-26(15-18-31)20-30-21-29(16-19-32(30)38)34-36(42-23-28-12-8-5-9-13-28)35(33-25(2)37(33,24-39)43-34)41-22-27-10-6-4-7-11-27/h4-19,21,24-25,33-36H,3,20,22-23H2,1-2H3/t25-,33-,34+,35+,36+,37-/m1/s1. The van der Waals surface area contributed by atoms with Crippen molar-refractivity contribution < 1.29 is 23.7 Å². The number of ether oxygens (including phenoxy) is 4. The Kier molecular flexibility index (Phi) is 8.96. The molecule has 2 fully saturated rings. The molecule has 43 heavy (non-hydrogen) atoms. The number of carbonyl (C=O) groups is 1. The predicted octanol–water partition coefficient (Wildman–Crippen LogP) is 7.78. The molecule has 5 nitrogen and oxygen atoms in total. The van der Waals surface area contributed by atoms with Crippen LogP contribution >= 0.6 is 11.6 Å². The molecular formula is C37H37ClO5. The van der Waals surface area contributed by atoms with Gasteiger partial charge in [-0.3, -0.25) is 0 Å². The summed E-state index contributed by atoms with van der Waals surface area (Å²) >= 11 is 6.73. The summed E-state index contributed by atoms with van der Waals surface area (Å²) in [5, 5.41) is 0.676. The van der Waals surface area contributed by atoms with E-state index in [-0.39, 0.29) is 17.9 Å². The first-order chi connectivity index (χ1) is 21.0. The van der Waals surface area contributed by atoms with Crippen molar-refractivity contribution in [2.45, 2.75) is 57.4 Å². The van der Waals surface area contributed by atoms with Gasteiger partial charge in [0.2, 0.25) is 0 Å². The fraction of sp³-hybridized carbons (Fsp3) is 0.324. The number of halogens is 1. The van der Waals surface area contributed by atoms with Gasteiger partial charge in [-0.25, -0.2) is 0 Å². The number of rotatable bonds is 12. The molecule has 0 unspecified atom stereocenters. The second-order valence-corrected chi connectivity index (χ2v) is 11.9. The number of hydrogen-bond donors (Lipinski definition) is 0. The summed E-state index contributed by atoms with van der Waals surface area (Å²) in [6, 6.07) is 34.2. The maximum Gasteiger partial charge on any atom is 0.152 e. The molecule has 4 aromatic rings. The van der Waals surface area contributed by atoms with Gasteiger partial charge < -0.3 is 23.7 Å². The molecule has 6 atom stereocenters. The molecule has 0 amide bonds. The summed E-state index contributed by atoms with van der Waals surface area (Å²) in [5.41, 5.74) is 4.23. The first-order valence-corrected chi connectivity index (χ1v) is 15.4. The van der Waals surface area contributed by atoms with Gasteiger partial charge in [-0.15, -0.1) is 0 Å². The summed E-state index contributed by atoms with van der Waals surface area (Å²) in [6.07, 6.45) is 0.317. The van der Waals surface area contributed by atoms with Crippen LogP contribution < -0.4 is 4.74 Å². The molecule has 1 heterocycles. The van der Waals surface area contributed by atoms with Gasteiger partial charge in [0.15, 0.2) is 6.29 Å². The van der Waals surface area contributed by atoms with Crippen molar-refractivity contribution in [2.75, 3.05) is 6.61 Å². The zero-order valence-electron chi connectivity index (χ0n) is 24.5. The van der Waals surface area contributed by atoms with E-state index in [1.807, 2.05) is 91.9 Å². The lowest BCUT2D eigenvalue weighted by Crippen LogP contribution is -2.48. The first kappa shape index (κ1) is 29.6. The highest BCUT2D eigenvalue weighted by molar-refractivity contribution is 6.31. The first-order valence-electron chi connectivity index (χ1n) is 15.0. The quantitative estimate of drug-likeness (QED) is 0.156. The Labute approximate surface area is 258 Å². The van der Waals surface area contributed by atoms with Gasteiger partial charge in [0.1, 0.15) is 23.6 Å². The molecule has 0 spiro atoms. The Balaban J connectivity index is 1.32. The lowest BCUT2D eigenvalue weighted by Gasteiger charge is -2.40. The van der Waals surface area contributed by atoms with Crippen LogP contribution in [0.5, 0.6) is 5.75 Å². The lowest BCUT2D eigenvalue weighted by atomic mass is 9.91. The molecular weight excluding hydrogens is 560 g/mol. The van der Waals surface area contributed by atoms with Crippen LogP contribution in [0.1, 0.15) is 47.8 Å². The molecule has 4 aromatic carbocycles. The largest absolute Gasteiger partial charge is 0.494 e. The third kappa shape index (κ3) is 6.27. The van der Waals surface area contributed by atoms with Crippen molar-refractivity contribution in [2.24, 2.45) is 11.8 Å². The Hall–Kier alpha value is -3.48. The summed E-state index contributed by atoms with van der Waals surface area (Å²) in [4.78, 5) is 12.6. The van der Waals surface area contributed by atoms with Crippen LogP contribution in [0.25, 0.3) is 0 Å². The summed E-state index contributed by atoms with van der Waals surface area (Å²) in [7, 11) is 0. The predicted molar refractivity (Wildman–Crippen MR) is 167 cm³/mol. The molecule has 0 N–H and O–H groups in total. The van der Waals surface area contributed by atoms with Crippen molar-refractivity contribution >= 4 is 17.9 Å². The Morgan fingerprint density at radius 2 is 1.44 bits per heavy atom. The molecule has 1 aliphatic carbocycles. The van der Waals surface area contributed by atoms with Crippen LogP contribution in [0.4, 0.5) is 0 Å². The monoisotopic (exact) mass is 596 g/mol. The maximum atomic E-state index is 12.6. The topological polar surface area (TPSA) is 54.0 Å². The number of aldehydes is 1. The van der Waals surface area contributed by atoms with E-state index in [4.69, 9.17) is 30.5 Å². The van der Waals surface area contributed by atoms with Crippen molar-refractivity contribution in [1.82, 2.24) is 0 Å². The van der Waals surface area contributed by atoms with Crippen LogP contribution in [-0.2, 0) is 38.6 Å². The molecule has 2 aliphatic rings. The van der Waals surface area contributed by atoms with E-state index in [0.717, 1.165) is 39.9 Å². The number of hydrogen-bond acceptors (Lipinski definition) is 5. The minimum absolute atomic E-state index is 0.00854. The van der Waals surface area contributed by atoms with E-state index in [1.54, 1.807) is 0 Å². The third-order valence-corrected chi connectivity index (χ3v) is 9.12. The zero-order chi connectivity index (χ0) is 29.8. The Morgan fingerprint density at radius 1 is 0.814 bits per heavy atom. The minimum Gasteiger partial charge on any atom is -0.494 e. The molecule has 1 saturated heterocycles. The number of benzene rings is 4. The minimum atomic E-state index is -0.909. The molecule has 0 aromatic heterocycles. The van der Waals surface area contributed by atoms with Crippen LogP contribution in [-0.4, -0.2) is 30.7 Å². The molecule has 0 radical (unpaired) electrons. The van der Waals surface area contributed by atoms with Crippen molar-refractivity contribution in [1.29, 1.82) is 0 Å². The highest BCUT2D eigenvalue weighted by Gasteiger charge is 2.73. The Morgan fingerprint density at radius 3 is 2.05 bits per heavy atom. The molecule has 1 aliphatic heterocycles. The molecule has 0 bridgehead atoms. The van der Waals surface area contributed by atoms with Gasteiger partial charge >= 0.3 is 0 Å². The number of fused-ring (bicyclic) bond motifs is 1. The Bertz CT molecular complexity index is 1510. The van der Waals surface area contributed by atoms with Crippen LogP contribution in [0.3, 0.4) is 0 Å². The van der Waals surface area contributed by atoms with E-state index in [2.05, 4.69) is 25.1 Å². The van der Waals surface area contributed by atoms with Gasteiger partial charge in [-0.05, 0) is 59.4 Å². The fourth-order valence-electron chi connectivity index (χ4n) is 6.36. The van der Waals surface area contributed by atoms with E-state index >= 15 is 0 Å². The zero-order valence-corrected chi connectivity index (χ0v) is 25.3. The second-order valence-electron chi connectivity index (χ2n) is 11.5. The lowest BCUT2D eigenvalue weighted by molar-refractivity contribution is -0.210. The van der Waals surface area contributed by atoms with Gasteiger partial charge in [-0.2, -0.15) is 0 Å². The average molecular weight is 597 g/mol. The average Bonchev–Trinajstić information content (AvgIpc) is 3.65. The van der Waals surface area contributed by atoms with Crippen molar-refractivity contribution in [3.63, 3.8) is 0 Å². The van der Waals surface area contributed by atoms with E-state index in [9.17, 15) is 4.79 Å². The molecule has 222 valence electrons. The van der Waals surface area contributed by atoms with E-state index in [1.165, 1.54) is 0 Å². The summed E-state index contributed by atoms with van der Waals surface area (Å²) in [5.74, 6) is 0.754. The van der Waals surface area contributed by atoms with Gasteiger partial charge in [0.05, 0.1) is 25.9 Å². The summed E-state index contributed by atoms with van der Waals surface area (Å²) in [6.45, 7) is 5.48. The van der Waals surface area contributed by atoms with Gasteiger partial charge in [0, 0.05) is 16.9 Å². The number of carbonyl (C=O) groups excluding carboxylic acids is 1. The van der Waals surface area contributed by atoms with Crippen LogP contribution in [0.2, 0.25) is 5.02 Å². The van der Waals surface area contributed by atoms with Crippen LogP contribution in [0, 0.1) is 11.8 Å².